The van der Waals surface area contributed by atoms with E-state index >= 15 is 0 Å². The van der Waals surface area contributed by atoms with Crippen molar-refractivity contribution in [1.29, 1.82) is 0 Å². The molecular formula is C12H18N2. The molecule has 0 saturated carbocycles. The van der Waals surface area contributed by atoms with Gasteiger partial charge in [0.25, 0.3) is 0 Å². The van der Waals surface area contributed by atoms with E-state index < -0.39 is 0 Å². The van der Waals surface area contributed by atoms with Gasteiger partial charge in [0.1, 0.15) is 0 Å². The van der Waals surface area contributed by atoms with Crippen LogP contribution in [0.1, 0.15) is 30.9 Å². The maximum Gasteiger partial charge on any atom is 0.0450 e. The summed E-state index contributed by atoms with van der Waals surface area (Å²) in [6.45, 7) is 1.12. The van der Waals surface area contributed by atoms with Crippen molar-refractivity contribution in [3.63, 3.8) is 0 Å². The fourth-order valence-electron chi connectivity index (χ4n) is 2.09. The third-order valence-electron chi connectivity index (χ3n) is 2.97. The third kappa shape index (κ3) is 2.14. The van der Waals surface area contributed by atoms with E-state index in [9.17, 15) is 0 Å². The normalized spacial score (nSPS) is 24.5. The first-order chi connectivity index (χ1) is 6.88. The lowest BCUT2D eigenvalue weighted by Gasteiger charge is -2.29. The first-order valence-corrected chi connectivity index (χ1v) is 5.42. The molecule has 1 saturated heterocycles. The standard InChI is InChI=1S/C12H18N2/c13-12(10-6-2-1-3-7-10)11-8-4-5-9-14-11/h1-3,6-7,11-12,14H,4-5,8-9,13H2. The van der Waals surface area contributed by atoms with Crippen LogP contribution in [-0.4, -0.2) is 12.6 Å². The second kappa shape index (κ2) is 4.58. The van der Waals surface area contributed by atoms with Crippen molar-refractivity contribution in [2.75, 3.05) is 6.54 Å². The van der Waals surface area contributed by atoms with Gasteiger partial charge in [0.05, 0.1) is 0 Å². The summed E-state index contributed by atoms with van der Waals surface area (Å²) >= 11 is 0. The van der Waals surface area contributed by atoms with Crippen molar-refractivity contribution in [3.8, 4) is 0 Å². The smallest absolute Gasteiger partial charge is 0.0450 e. The van der Waals surface area contributed by atoms with Crippen molar-refractivity contribution in [2.24, 2.45) is 5.73 Å². The summed E-state index contributed by atoms with van der Waals surface area (Å²) in [7, 11) is 0. The van der Waals surface area contributed by atoms with E-state index in [1.54, 1.807) is 0 Å². The summed E-state index contributed by atoms with van der Waals surface area (Å²) in [5, 5.41) is 3.49. The number of nitrogens with two attached hydrogens (primary N) is 1. The summed E-state index contributed by atoms with van der Waals surface area (Å²) in [5.74, 6) is 0. The molecule has 1 fully saturated rings. The molecule has 0 spiro atoms. The van der Waals surface area contributed by atoms with Crippen LogP contribution >= 0.6 is 0 Å². The molecule has 1 aromatic carbocycles. The monoisotopic (exact) mass is 190 g/mol. The molecule has 2 heteroatoms. The minimum atomic E-state index is 0.150. The van der Waals surface area contributed by atoms with Crippen LogP contribution in [0.15, 0.2) is 30.3 Å². The maximum absolute atomic E-state index is 6.21. The molecule has 0 aromatic heterocycles. The highest BCUT2D eigenvalue weighted by atomic mass is 15.0. The summed E-state index contributed by atoms with van der Waals surface area (Å²) in [4.78, 5) is 0. The summed E-state index contributed by atoms with van der Waals surface area (Å²) in [6, 6.07) is 11.0. The van der Waals surface area contributed by atoms with Crippen LogP contribution in [0.2, 0.25) is 0 Å². The second-order valence-corrected chi connectivity index (χ2v) is 3.99. The summed E-state index contributed by atoms with van der Waals surface area (Å²) in [6.07, 6.45) is 3.80. The highest BCUT2D eigenvalue weighted by molar-refractivity contribution is 5.20. The molecule has 1 aliphatic heterocycles. The van der Waals surface area contributed by atoms with Gasteiger partial charge < -0.3 is 11.1 Å². The average Bonchev–Trinajstić information content (AvgIpc) is 2.30. The summed E-state index contributed by atoms with van der Waals surface area (Å²) in [5.41, 5.74) is 7.45. The molecule has 1 aromatic rings. The highest BCUT2D eigenvalue weighted by Crippen LogP contribution is 2.20. The van der Waals surface area contributed by atoms with Crippen LogP contribution in [-0.2, 0) is 0 Å². The number of hydrogen-bond donors (Lipinski definition) is 2. The maximum atomic E-state index is 6.21. The van der Waals surface area contributed by atoms with Gasteiger partial charge in [-0.1, -0.05) is 36.8 Å². The largest absolute Gasteiger partial charge is 0.323 e. The molecule has 1 aliphatic rings. The van der Waals surface area contributed by atoms with Crippen molar-refractivity contribution in [2.45, 2.75) is 31.3 Å². The quantitative estimate of drug-likeness (QED) is 0.746. The van der Waals surface area contributed by atoms with Gasteiger partial charge in [0, 0.05) is 12.1 Å². The lowest BCUT2D eigenvalue weighted by atomic mass is 9.93. The van der Waals surface area contributed by atoms with E-state index in [1.165, 1.54) is 24.8 Å². The van der Waals surface area contributed by atoms with Gasteiger partial charge >= 0.3 is 0 Å². The molecule has 0 radical (unpaired) electrons. The van der Waals surface area contributed by atoms with Crippen LogP contribution in [0.5, 0.6) is 0 Å². The second-order valence-electron chi connectivity index (χ2n) is 3.99. The molecule has 14 heavy (non-hydrogen) atoms. The Morgan fingerprint density at radius 2 is 2.00 bits per heavy atom. The Labute approximate surface area is 85.5 Å². The van der Waals surface area contributed by atoms with E-state index in [1.807, 2.05) is 6.07 Å². The molecule has 0 aliphatic carbocycles. The predicted octanol–water partition coefficient (Wildman–Crippen LogP) is 1.83. The Balaban J connectivity index is 2.03. The van der Waals surface area contributed by atoms with Gasteiger partial charge in [0.15, 0.2) is 0 Å². The van der Waals surface area contributed by atoms with E-state index in [2.05, 4.69) is 29.6 Å². The first-order valence-electron chi connectivity index (χ1n) is 5.42. The minimum Gasteiger partial charge on any atom is -0.323 e. The SMILES string of the molecule is NC(c1ccccc1)C1CCCCN1. The Morgan fingerprint density at radius 1 is 1.21 bits per heavy atom. The molecule has 1 heterocycles. The summed E-state index contributed by atoms with van der Waals surface area (Å²) < 4.78 is 0. The van der Waals surface area contributed by atoms with Gasteiger partial charge in [-0.15, -0.1) is 0 Å². The molecule has 2 unspecified atom stereocenters. The van der Waals surface area contributed by atoms with Crippen LogP contribution in [0.25, 0.3) is 0 Å². The van der Waals surface area contributed by atoms with E-state index in [-0.39, 0.29) is 6.04 Å². The fraction of sp³-hybridized carbons (Fsp3) is 0.500. The van der Waals surface area contributed by atoms with Gasteiger partial charge in [-0.3, -0.25) is 0 Å². The first kappa shape index (κ1) is 9.69. The molecule has 0 bridgehead atoms. The average molecular weight is 190 g/mol. The van der Waals surface area contributed by atoms with E-state index in [4.69, 9.17) is 5.73 Å². The Morgan fingerprint density at radius 3 is 2.64 bits per heavy atom. The minimum absolute atomic E-state index is 0.150. The molecule has 76 valence electrons. The van der Waals surface area contributed by atoms with Crippen LogP contribution in [0.3, 0.4) is 0 Å². The third-order valence-corrected chi connectivity index (χ3v) is 2.97. The number of benzene rings is 1. The van der Waals surface area contributed by atoms with Crippen molar-refractivity contribution in [1.82, 2.24) is 5.32 Å². The van der Waals surface area contributed by atoms with Gasteiger partial charge in [-0.25, -0.2) is 0 Å². The Kier molecular flexibility index (Phi) is 3.17. The Bertz CT molecular complexity index is 265. The zero-order valence-electron chi connectivity index (χ0n) is 8.45. The van der Waals surface area contributed by atoms with Crippen LogP contribution in [0, 0.1) is 0 Å². The fourth-order valence-corrected chi connectivity index (χ4v) is 2.09. The lowest BCUT2D eigenvalue weighted by molar-refractivity contribution is 0.354. The molecule has 0 amide bonds. The van der Waals surface area contributed by atoms with Gasteiger partial charge in [-0.05, 0) is 24.9 Å². The molecule has 2 atom stereocenters. The number of nitrogens with one attached hydrogen (secondary N) is 1. The van der Waals surface area contributed by atoms with Crippen LogP contribution in [0.4, 0.5) is 0 Å². The number of hydrogen-bond acceptors (Lipinski definition) is 2. The Hall–Kier alpha value is -0.860. The molecule has 3 N–H and O–H groups in total. The highest BCUT2D eigenvalue weighted by Gasteiger charge is 2.20. The van der Waals surface area contributed by atoms with E-state index in [0.29, 0.717) is 6.04 Å². The number of piperidine rings is 1. The zero-order valence-corrected chi connectivity index (χ0v) is 8.45. The van der Waals surface area contributed by atoms with Gasteiger partial charge in [0.2, 0.25) is 0 Å². The molecule has 2 nitrogen and oxygen atoms in total. The van der Waals surface area contributed by atoms with Crippen LogP contribution < -0.4 is 11.1 Å². The number of rotatable bonds is 2. The molecule has 2 rings (SSSR count). The predicted molar refractivity (Wildman–Crippen MR) is 59.0 cm³/mol. The zero-order chi connectivity index (χ0) is 9.80. The molecular weight excluding hydrogens is 172 g/mol. The topological polar surface area (TPSA) is 38.0 Å². The van der Waals surface area contributed by atoms with Crippen molar-refractivity contribution in [3.05, 3.63) is 35.9 Å². The van der Waals surface area contributed by atoms with Crippen molar-refractivity contribution >= 4 is 0 Å². The van der Waals surface area contributed by atoms with Gasteiger partial charge in [-0.2, -0.15) is 0 Å². The lowest BCUT2D eigenvalue weighted by Crippen LogP contribution is -2.42. The van der Waals surface area contributed by atoms with Crippen molar-refractivity contribution < 1.29 is 0 Å². The van der Waals surface area contributed by atoms with E-state index in [0.717, 1.165) is 6.54 Å².